The number of amides is 2. The van der Waals surface area contributed by atoms with Gasteiger partial charge >= 0.3 is 0 Å². The van der Waals surface area contributed by atoms with E-state index < -0.39 is 4.92 Å². The predicted octanol–water partition coefficient (Wildman–Crippen LogP) is 2.80. The average Bonchev–Trinajstić information content (AvgIpc) is 2.61. The number of nitro benzene ring substituents is 1. The van der Waals surface area contributed by atoms with Crippen LogP contribution < -0.4 is 10.6 Å². The zero-order valence-electron chi connectivity index (χ0n) is 14.9. The SMILES string of the molecule is CCCC1CC(=O)NC2CC(NC(=O)c3cccc([N+](=O)[O-])c3)CCC12. The highest BCUT2D eigenvalue weighted by molar-refractivity contribution is 5.95. The van der Waals surface area contributed by atoms with Crippen LogP contribution in [0.1, 0.15) is 55.8 Å². The quantitative estimate of drug-likeness (QED) is 0.623. The van der Waals surface area contributed by atoms with Crippen LogP contribution in [-0.4, -0.2) is 28.8 Å². The molecule has 1 aromatic rings. The highest BCUT2D eigenvalue weighted by atomic mass is 16.6. The summed E-state index contributed by atoms with van der Waals surface area (Å²) in [6, 6.07) is 5.84. The average molecular weight is 359 g/mol. The lowest BCUT2D eigenvalue weighted by molar-refractivity contribution is -0.384. The minimum Gasteiger partial charge on any atom is -0.353 e. The second-order valence-corrected chi connectivity index (χ2v) is 7.38. The molecule has 4 atom stereocenters. The van der Waals surface area contributed by atoms with Gasteiger partial charge in [-0.3, -0.25) is 19.7 Å². The second-order valence-electron chi connectivity index (χ2n) is 7.38. The molecule has 140 valence electrons. The van der Waals surface area contributed by atoms with Crippen LogP contribution in [-0.2, 0) is 4.79 Å². The van der Waals surface area contributed by atoms with Crippen LogP contribution in [0.4, 0.5) is 5.69 Å². The van der Waals surface area contributed by atoms with E-state index in [0.717, 1.165) is 32.1 Å². The third-order valence-electron chi connectivity index (χ3n) is 5.62. The highest BCUT2D eigenvalue weighted by Gasteiger charge is 2.40. The number of carbonyl (C=O) groups is 2. The van der Waals surface area contributed by atoms with Crippen molar-refractivity contribution in [3.8, 4) is 0 Å². The van der Waals surface area contributed by atoms with E-state index in [0.29, 0.717) is 18.3 Å². The van der Waals surface area contributed by atoms with Crippen molar-refractivity contribution in [2.24, 2.45) is 11.8 Å². The molecular formula is C19H25N3O4. The molecule has 2 fully saturated rings. The number of fused-ring (bicyclic) bond motifs is 1. The molecule has 1 heterocycles. The molecule has 7 nitrogen and oxygen atoms in total. The van der Waals surface area contributed by atoms with Crippen molar-refractivity contribution in [3.63, 3.8) is 0 Å². The number of non-ortho nitro benzene ring substituents is 1. The largest absolute Gasteiger partial charge is 0.353 e. The summed E-state index contributed by atoms with van der Waals surface area (Å²) in [5, 5.41) is 16.9. The molecule has 1 saturated heterocycles. The van der Waals surface area contributed by atoms with Crippen LogP contribution in [0.15, 0.2) is 24.3 Å². The maximum absolute atomic E-state index is 12.5. The van der Waals surface area contributed by atoms with Crippen molar-refractivity contribution >= 4 is 17.5 Å². The molecule has 2 aliphatic rings. The van der Waals surface area contributed by atoms with Gasteiger partial charge in [0.1, 0.15) is 0 Å². The molecule has 7 heteroatoms. The molecule has 26 heavy (non-hydrogen) atoms. The number of nitrogens with zero attached hydrogens (tertiary/aromatic N) is 1. The molecule has 2 amide bonds. The van der Waals surface area contributed by atoms with E-state index >= 15 is 0 Å². The number of hydrogen-bond donors (Lipinski definition) is 2. The number of hydrogen-bond acceptors (Lipinski definition) is 4. The fourth-order valence-electron chi connectivity index (χ4n) is 4.43. The van der Waals surface area contributed by atoms with Crippen LogP contribution in [0, 0.1) is 22.0 Å². The van der Waals surface area contributed by atoms with Crippen molar-refractivity contribution in [1.82, 2.24) is 10.6 Å². The molecule has 1 aliphatic carbocycles. The summed E-state index contributed by atoms with van der Waals surface area (Å²) >= 11 is 0. The monoisotopic (exact) mass is 359 g/mol. The van der Waals surface area contributed by atoms with Crippen LogP contribution in [0.2, 0.25) is 0 Å². The third-order valence-corrected chi connectivity index (χ3v) is 5.62. The summed E-state index contributed by atoms with van der Waals surface area (Å²) in [6.07, 6.45) is 5.33. The Labute approximate surface area is 152 Å². The molecule has 1 aliphatic heterocycles. The van der Waals surface area contributed by atoms with Gasteiger partial charge in [-0.1, -0.05) is 19.4 Å². The topological polar surface area (TPSA) is 101 Å². The van der Waals surface area contributed by atoms with Crippen molar-refractivity contribution in [2.75, 3.05) is 0 Å². The van der Waals surface area contributed by atoms with Crippen LogP contribution in [0.3, 0.4) is 0 Å². The standard InChI is InChI=1S/C19H25N3O4/c1-2-4-12-10-18(23)21-17-11-14(7-8-16(12)17)20-19(24)13-5-3-6-15(9-13)22(25)26/h3,5-6,9,12,14,16-17H,2,4,7-8,10-11H2,1H3,(H,20,24)(H,21,23). The Hall–Kier alpha value is -2.44. The number of nitrogens with one attached hydrogen (secondary N) is 2. The lowest BCUT2D eigenvalue weighted by Gasteiger charge is -2.44. The number of rotatable bonds is 5. The van der Waals surface area contributed by atoms with Gasteiger partial charge in [-0.15, -0.1) is 0 Å². The smallest absolute Gasteiger partial charge is 0.270 e. The van der Waals surface area contributed by atoms with E-state index in [-0.39, 0.29) is 35.1 Å². The van der Waals surface area contributed by atoms with Gasteiger partial charge in [-0.25, -0.2) is 0 Å². The summed E-state index contributed by atoms with van der Waals surface area (Å²) in [7, 11) is 0. The van der Waals surface area contributed by atoms with E-state index in [2.05, 4.69) is 17.6 Å². The fourth-order valence-corrected chi connectivity index (χ4v) is 4.43. The zero-order chi connectivity index (χ0) is 18.7. The van der Waals surface area contributed by atoms with E-state index in [1.165, 1.54) is 18.2 Å². The number of nitro groups is 1. The van der Waals surface area contributed by atoms with Gasteiger partial charge < -0.3 is 10.6 Å². The number of carbonyl (C=O) groups excluding carboxylic acids is 2. The molecule has 1 saturated carbocycles. The van der Waals surface area contributed by atoms with Gasteiger partial charge in [0.05, 0.1) is 4.92 Å². The molecule has 0 aromatic heterocycles. The maximum atomic E-state index is 12.5. The second kappa shape index (κ2) is 7.85. The van der Waals surface area contributed by atoms with Crippen molar-refractivity contribution in [2.45, 2.75) is 57.5 Å². The first kappa shape index (κ1) is 18.4. The zero-order valence-corrected chi connectivity index (χ0v) is 14.9. The van der Waals surface area contributed by atoms with E-state index in [1.807, 2.05) is 0 Å². The lowest BCUT2D eigenvalue weighted by Crippen LogP contribution is -2.55. The van der Waals surface area contributed by atoms with Gasteiger partial charge in [0.2, 0.25) is 5.91 Å². The summed E-state index contributed by atoms with van der Waals surface area (Å²) < 4.78 is 0. The first-order valence-electron chi connectivity index (χ1n) is 9.32. The third kappa shape index (κ3) is 4.03. The van der Waals surface area contributed by atoms with Crippen molar-refractivity contribution in [3.05, 3.63) is 39.9 Å². The number of piperidine rings is 1. The predicted molar refractivity (Wildman–Crippen MR) is 96.6 cm³/mol. The van der Waals surface area contributed by atoms with Crippen LogP contribution >= 0.6 is 0 Å². The van der Waals surface area contributed by atoms with Gasteiger partial charge in [-0.05, 0) is 43.6 Å². The van der Waals surface area contributed by atoms with E-state index in [9.17, 15) is 19.7 Å². The summed E-state index contributed by atoms with van der Waals surface area (Å²) in [5.74, 6) is 0.727. The Morgan fingerprint density at radius 1 is 1.38 bits per heavy atom. The molecule has 4 unspecified atom stereocenters. The van der Waals surface area contributed by atoms with Crippen LogP contribution in [0.5, 0.6) is 0 Å². The summed E-state index contributed by atoms with van der Waals surface area (Å²) in [5.41, 5.74) is 0.196. The minimum atomic E-state index is -0.507. The summed E-state index contributed by atoms with van der Waals surface area (Å²) in [4.78, 5) is 34.8. The van der Waals surface area contributed by atoms with Crippen molar-refractivity contribution in [1.29, 1.82) is 0 Å². The van der Waals surface area contributed by atoms with Gasteiger partial charge in [-0.2, -0.15) is 0 Å². The molecule has 1 aromatic carbocycles. The Morgan fingerprint density at radius 3 is 2.92 bits per heavy atom. The van der Waals surface area contributed by atoms with Gasteiger partial charge in [0.15, 0.2) is 0 Å². The van der Waals surface area contributed by atoms with Crippen LogP contribution in [0.25, 0.3) is 0 Å². The molecule has 3 rings (SSSR count). The number of benzene rings is 1. The molecule has 0 spiro atoms. The lowest BCUT2D eigenvalue weighted by atomic mass is 9.70. The Bertz CT molecular complexity index is 706. The van der Waals surface area contributed by atoms with E-state index in [4.69, 9.17) is 0 Å². The molecule has 2 N–H and O–H groups in total. The fraction of sp³-hybridized carbons (Fsp3) is 0.579. The van der Waals surface area contributed by atoms with E-state index in [1.54, 1.807) is 6.07 Å². The summed E-state index contributed by atoms with van der Waals surface area (Å²) in [6.45, 7) is 2.15. The Morgan fingerprint density at radius 2 is 2.19 bits per heavy atom. The maximum Gasteiger partial charge on any atom is 0.270 e. The minimum absolute atomic E-state index is 0.0244. The first-order chi connectivity index (χ1) is 12.5. The normalized spacial score (nSPS) is 28.0. The first-order valence-corrected chi connectivity index (χ1v) is 9.32. The molecule has 0 bridgehead atoms. The van der Waals surface area contributed by atoms with Gasteiger partial charge in [0.25, 0.3) is 11.6 Å². The van der Waals surface area contributed by atoms with Crippen molar-refractivity contribution < 1.29 is 14.5 Å². The molecule has 0 radical (unpaired) electrons. The Kier molecular flexibility index (Phi) is 5.54. The highest BCUT2D eigenvalue weighted by Crippen LogP contribution is 2.37. The Balaban J connectivity index is 1.63. The molecular weight excluding hydrogens is 334 g/mol. The van der Waals surface area contributed by atoms with Gasteiger partial charge in [0, 0.05) is 36.2 Å².